The summed E-state index contributed by atoms with van der Waals surface area (Å²) in [5.41, 5.74) is 0. The van der Waals surface area contributed by atoms with Gasteiger partial charge < -0.3 is 9.66 Å². The summed E-state index contributed by atoms with van der Waals surface area (Å²) in [6.07, 6.45) is 1.40. The molecule has 0 spiro atoms. The molecule has 3 nitrogen and oxygen atoms in total. The van der Waals surface area contributed by atoms with Crippen molar-refractivity contribution in [2.24, 2.45) is 0 Å². The fourth-order valence-electron chi connectivity index (χ4n) is 1.32. The van der Waals surface area contributed by atoms with Crippen LogP contribution in [-0.4, -0.2) is 38.6 Å². The van der Waals surface area contributed by atoms with Crippen LogP contribution in [0.4, 0.5) is 0 Å². The fraction of sp³-hybridized carbons (Fsp3) is 0.400. The van der Waals surface area contributed by atoms with Crippen LogP contribution in [-0.2, 0) is 11.1 Å². The SMILES string of the molecule is O=S(O)CCP(CCO)c1ccccc1. The number of hydrogen-bond donors (Lipinski definition) is 2. The molecule has 0 aliphatic carbocycles. The minimum atomic E-state index is -1.73. The van der Waals surface area contributed by atoms with Crippen LogP contribution in [0.3, 0.4) is 0 Å². The monoisotopic (exact) mass is 246 g/mol. The highest BCUT2D eigenvalue weighted by atomic mass is 32.2. The molecule has 2 N–H and O–H groups in total. The Labute approximate surface area is 93.6 Å². The number of benzene rings is 1. The van der Waals surface area contributed by atoms with Crippen molar-refractivity contribution in [3.05, 3.63) is 30.3 Å². The van der Waals surface area contributed by atoms with E-state index in [9.17, 15) is 4.21 Å². The zero-order valence-corrected chi connectivity index (χ0v) is 10.1. The van der Waals surface area contributed by atoms with E-state index in [0.717, 1.165) is 0 Å². The van der Waals surface area contributed by atoms with E-state index in [4.69, 9.17) is 9.66 Å². The van der Waals surface area contributed by atoms with E-state index in [1.807, 2.05) is 30.3 Å². The average Bonchev–Trinajstić information content (AvgIpc) is 2.25. The Hall–Kier alpha value is -0.280. The minimum absolute atomic E-state index is 0.138. The van der Waals surface area contributed by atoms with E-state index >= 15 is 0 Å². The molecule has 15 heavy (non-hydrogen) atoms. The van der Waals surface area contributed by atoms with Crippen molar-refractivity contribution < 1.29 is 13.9 Å². The molecule has 84 valence electrons. The summed E-state index contributed by atoms with van der Waals surface area (Å²) in [4.78, 5) is 0. The topological polar surface area (TPSA) is 57.5 Å². The van der Waals surface area contributed by atoms with Crippen molar-refractivity contribution in [2.75, 3.05) is 24.7 Å². The van der Waals surface area contributed by atoms with E-state index in [0.29, 0.717) is 18.1 Å². The molecule has 0 amide bonds. The Kier molecular flexibility index (Phi) is 6.03. The lowest BCUT2D eigenvalue weighted by Crippen LogP contribution is -2.11. The molecule has 5 heteroatoms. The van der Waals surface area contributed by atoms with Gasteiger partial charge in [0, 0.05) is 6.61 Å². The first kappa shape index (κ1) is 12.8. The number of aliphatic hydroxyl groups excluding tert-OH is 1. The van der Waals surface area contributed by atoms with Crippen LogP contribution >= 0.6 is 7.92 Å². The third-order valence-electron chi connectivity index (χ3n) is 2.03. The summed E-state index contributed by atoms with van der Waals surface area (Å²) in [5.74, 6) is 0.292. The fourth-order valence-corrected chi connectivity index (χ4v) is 4.40. The van der Waals surface area contributed by atoms with Crippen LogP contribution in [0, 0.1) is 0 Å². The van der Waals surface area contributed by atoms with Crippen LogP contribution in [0.1, 0.15) is 0 Å². The second-order valence-electron chi connectivity index (χ2n) is 3.07. The molecule has 0 aliphatic heterocycles. The van der Waals surface area contributed by atoms with Crippen molar-refractivity contribution in [3.8, 4) is 0 Å². The Morgan fingerprint density at radius 1 is 1.20 bits per heavy atom. The number of rotatable bonds is 6. The Morgan fingerprint density at radius 2 is 1.87 bits per heavy atom. The van der Waals surface area contributed by atoms with Crippen molar-refractivity contribution in [1.82, 2.24) is 0 Å². The summed E-state index contributed by atoms with van der Waals surface area (Å²) in [6, 6.07) is 9.89. The van der Waals surface area contributed by atoms with Crippen LogP contribution in [0.5, 0.6) is 0 Å². The first-order valence-electron chi connectivity index (χ1n) is 4.72. The smallest absolute Gasteiger partial charge is 0.153 e. The van der Waals surface area contributed by atoms with Gasteiger partial charge in [-0.15, -0.1) is 0 Å². The second-order valence-corrected chi connectivity index (χ2v) is 6.61. The molecule has 0 saturated carbocycles. The third-order valence-corrected chi connectivity index (χ3v) is 5.41. The number of aliphatic hydroxyl groups is 1. The van der Waals surface area contributed by atoms with Crippen molar-refractivity contribution in [3.63, 3.8) is 0 Å². The first-order chi connectivity index (χ1) is 7.24. The highest BCUT2D eigenvalue weighted by molar-refractivity contribution is 7.80. The van der Waals surface area contributed by atoms with Crippen molar-refractivity contribution in [2.45, 2.75) is 0 Å². The molecule has 1 aromatic carbocycles. The molecule has 0 saturated heterocycles. The largest absolute Gasteiger partial charge is 0.396 e. The molecule has 0 heterocycles. The Bertz CT molecular complexity index is 305. The highest BCUT2D eigenvalue weighted by Crippen LogP contribution is 2.33. The van der Waals surface area contributed by atoms with Gasteiger partial charge in [-0.1, -0.05) is 38.3 Å². The van der Waals surface area contributed by atoms with Gasteiger partial charge in [-0.05, 0) is 17.6 Å². The van der Waals surface area contributed by atoms with Gasteiger partial charge in [0.05, 0.1) is 5.75 Å². The van der Waals surface area contributed by atoms with E-state index in [1.54, 1.807) is 0 Å². The molecular weight excluding hydrogens is 231 g/mol. The normalized spacial score (nSPS) is 14.8. The molecular formula is C10H15O3PS. The van der Waals surface area contributed by atoms with Crippen molar-refractivity contribution in [1.29, 1.82) is 0 Å². The van der Waals surface area contributed by atoms with E-state index < -0.39 is 19.0 Å². The van der Waals surface area contributed by atoms with E-state index in [2.05, 4.69) is 0 Å². The number of hydrogen-bond acceptors (Lipinski definition) is 2. The van der Waals surface area contributed by atoms with Gasteiger partial charge in [-0.2, -0.15) is 0 Å². The quantitative estimate of drug-likeness (QED) is 0.581. The molecule has 0 aromatic heterocycles. The Balaban J connectivity index is 2.61. The van der Waals surface area contributed by atoms with Gasteiger partial charge in [0.15, 0.2) is 11.1 Å². The van der Waals surface area contributed by atoms with Gasteiger partial charge in [0.25, 0.3) is 0 Å². The standard InChI is InChI=1S/C10H15O3PS/c11-6-7-14(8-9-15(12)13)10-4-2-1-3-5-10/h1-5,11H,6-9H2,(H,12,13). The molecule has 0 radical (unpaired) electrons. The van der Waals surface area contributed by atoms with Crippen molar-refractivity contribution >= 4 is 24.3 Å². The van der Waals surface area contributed by atoms with Gasteiger partial charge in [0.2, 0.25) is 0 Å². The van der Waals surface area contributed by atoms with E-state index in [1.165, 1.54) is 5.30 Å². The predicted molar refractivity (Wildman–Crippen MR) is 65.5 cm³/mol. The van der Waals surface area contributed by atoms with Crippen LogP contribution in [0.2, 0.25) is 0 Å². The van der Waals surface area contributed by atoms with Crippen LogP contribution in [0.15, 0.2) is 30.3 Å². The van der Waals surface area contributed by atoms with Gasteiger partial charge in [-0.25, -0.2) is 4.21 Å². The molecule has 2 atom stereocenters. The second kappa shape index (κ2) is 7.07. The molecule has 0 fully saturated rings. The summed E-state index contributed by atoms with van der Waals surface area (Å²) >= 11 is -1.73. The average molecular weight is 246 g/mol. The lowest BCUT2D eigenvalue weighted by molar-refractivity contribution is 0.321. The molecule has 1 rings (SSSR count). The summed E-state index contributed by atoms with van der Waals surface area (Å²) in [7, 11) is -0.491. The maximum atomic E-state index is 10.6. The summed E-state index contributed by atoms with van der Waals surface area (Å²) < 4.78 is 19.3. The molecule has 0 bridgehead atoms. The lowest BCUT2D eigenvalue weighted by atomic mass is 10.4. The van der Waals surface area contributed by atoms with E-state index in [-0.39, 0.29) is 6.61 Å². The highest BCUT2D eigenvalue weighted by Gasteiger charge is 2.10. The summed E-state index contributed by atoms with van der Waals surface area (Å²) in [5, 5.41) is 10.1. The maximum Gasteiger partial charge on any atom is 0.153 e. The Morgan fingerprint density at radius 3 is 2.40 bits per heavy atom. The first-order valence-corrected chi connectivity index (χ1v) is 7.71. The molecule has 2 unspecified atom stereocenters. The maximum absolute atomic E-state index is 10.6. The van der Waals surface area contributed by atoms with Crippen LogP contribution < -0.4 is 5.30 Å². The summed E-state index contributed by atoms with van der Waals surface area (Å²) in [6.45, 7) is 0.138. The molecule has 0 aliphatic rings. The third kappa shape index (κ3) is 4.85. The van der Waals surface area contributed by atoms with Gasteiger partial charge >= 0.3 is 0 Å². The van der Waals surface area contributed by atoms with Gasteiger partial charge in [0.1, 0.15) is 0 Å². The zero-order valence-electron chi connectivity index (χ0n) is 8.37. The minimum Gasteiger partial charge on any atom is -0.396 e. The predicted octanol–water partition coefficient (Wildman–Crippen LogP) is 1.01. The zero-order chi connectivity index (χ0) is 11.1. The van der Waals surface area contributed by atoms with Gasteiger partial charge in [-0.3, -0.25) is 0 Å². The van der Waals surface area contributed by atoms with Crippen LogP contribution in [0.25, 0.3) is 0 Å². The molecule has 1 aromatic rings. The lowest BCUT2D eigenvalue weighted by Gasteiger charge is -2.15.